The number of amides is 1. The molecule has 1 aliphatic rings. The maximum absolute atomic E-state index is 14.8. The Bertz CT molecular complexity index is 1350. The van der Waals surface area contributed by atoms with Crippen molar-refractivity contribution in [2.75, 3.05) is 24.2 Å². The van der Waals surface area contributed by atoms with Crippen LogP contribution in [0.2, 0.25) is 0 Å². The van der Waals surface area contributed by atoms with E-state index in [1.165, 1.54) is 21.1 Å². The van der Waals surface area contributed by atoms with Gasteiger partial charge in [-0.25, -0.2) is 22.5 Å². The second-order valence-electron chi connectivity index (χ2n) is 8.34. The summed E-state index contributed by atoms with van der Waals surface area (Å²) in [5, 5.41) is 23.4. The number of nitrogens with one attached hydrogen (secondary N) is 1. The molecule has 0 fully saturated rings. The number of sulfonamides is 1. The molecule has 2 aromatic heterocycles. The SMILES string of the molecule is CCCS(=O)(=O)N1CCc2cc(F)c(C(=O)Nc3cccc(-c4nnnn4[C@H](C)CO)n3)cc2C1. The summed E-state index contributed by atoms with van der Waals surface area (Å²) in [5.74, 6) is -0.909. The summed E-state index contributed by atoms with van der Waals surface area (Å²) >= 11 is 0. The van der Waals surface area contributed by atoms with Crippen LogP contribution >= 0.6 is 0 Å². The molecule has 11 nitrogen and oxygen atoms in total. The van der Waals surface area contributed by atoms with Gasteiger partial charge in [0.05, 0.1) is 24.0 Å². The van der Waals surface area contributed by atoms with Gasteiger partial charge in [0.25, 0.3) is 5.91 Å². The van der Waals surface area contributed by atoms with Crippen LogP contribution in [0.1, 0.15) is 47.8 Å². The van der Waals surface area contributed by atoms with E-state index in [0.29, 0.717) is 35.5 Å². The largest absolute Gasteiger partial charge is 0.394 e. The second kappa shape index (κ2) is 10.1. The Morgan fingerprint density at radius 3 is 2.83 bits per heavy atom. The standard InChI is InChI=1S/C22H26FN7O4S/c1-3-9-35(33,34)29-8-7-15-11-18(23)17(10-16(15)12-29)22(32)25-20-6-4-5-19(24-20)21-26-27-28-30(21)14(2)13-31/h4-6,10-11,14,31H,3,7-9,12-13H2,1-2H3,(H,24,25,32)/t14-/m1/s1. The Labute approximate surface area is 202 Å². The summed E-state index contributed by atoms with van der Waals surface area (Å²) in [4.78, 5) is 17.3. The molecule has 0 bridgehead atoms. The van der Waals surface area contributed by atoms with Crippen molar-refractivity contribution in [1.82, 2.24) is 29.5 Å². The number of halogens is 1. The van der Waals surface area contributed by atoms with Crippen molar-refractivity contribution >= 4 is 21.7 Å². The van der Waals surface area contributed by atoms with Gasteiger partial charge in [0, 0.05) is 13.1 Å². The number of aliphatic hydroxyl groups excluding tert-OH is 1. The van der Waals surface area contributed by atoms with Gasteiger partial charge in [-0.3, -0.25) is 4.79 Å². The van der Waals surface area contributed by atoms with Crippen molar-refractivity contribution in [3.05, 3.63) is 52.8 Å². The topological polar surface area (TPSA) is 143 Å². The molecule has 186 valence electrons. The molecule has 0 spiro atoms. The molecule has 0 unspecified atom stereocenters. The van der Waals surface area contributed by atoms with E-state index in [1.807, 2.05) is 0 Å². The smallest absolute Gasteiger partial charge is 0.259 e. The molecule has 0 aliphatic carbocycles. The minimum absolute atomic E-state index is 0.0409. The fourth-order valence-electron chi connectivity index (χ4n) is 3.90. The highest BCUT2D eigenvalue weighted by Crippen LogP contribution is 2.26. The average Bonchev–Trinajstić information content (AvgIpc) is 3.33. The van der Waals surface area contributed by atoms with Gasteiger partial charge in [-0.15, -0.1) is 5.10 Å². The molecule has 2 N–H and O–H groups in total. The van der Waals surface area contributed by atoms with Gasteiger partial charge in [0.1, 0.15) is 17.3 Å². The highest BCUT2D eigenvalue weighted by atomic mass is 32.2. The van der Waals surface area contributed by atoms with Crippen molar-refractivity contribution in [2.24, 2.45) is 0 Å². The van der Waals surface area contributed by atoms with Crippen LogP contribution in [0.4, 0.5) is 10.2 Å². The first-order chi connectivity index (χ1) is 16.7. The number of aromatic nitrogens is 5. The van der Waals surface area contributed by atoms with Crippen LogP contribution in [0.15, 0.2) is 30.3 Å². The van der Waals surface area contributed by atoms with E-state index in [4.69, 9.17) is 0 Å². The molecule has 1 aromatic carbocycles. The Morgan fingerprint density at radius 1 is 1.29 bits per heavy atom. The van der Waals surface area contributed by atoms with E-state index in [9.17, 15) is 22.7 Å². The quantitative estimate of drug-likeness (QED) is 0.474. The van der Waals surface area contributed by atoms with Crippen LogP contribution in [0.5, 0.6) is 0 Å². The summed E-state index contributed by atoms with van der Waals surface area (Å²) in [5.41, 5.74) is 1.44. The fourth-order valence-corrected chi connectivity index (χ4v) is 5.38. The normalized spacial score (nSPS) is 15.0. The number of fused-ring (bicyclic) bond motifs is 1. The van der Waals surface area contributed by atoms with E-state index in [-0.39, 0.29) is 42.9 Å². The van der Waals surface area contributed by atoms with E-state index in [1.54, 1.807) is 32.0 Å². The van der Waals surface area contributed by atoms with Crippen molar-refractivity contribution in [3.8, 4) is 11.5 Å². The molecule has 0 saturated carbocycles. The van der Waals surface area contributed by atoms with E-state index in [2.05, 4.69) is 25.8 Å². The number of benzene rings is 1. The van der Waals surface area contributed by atoms with Crippen LogP contribution in [0, 0.1) is 5.82 Å². The highest BCUT2D eigenvalue weighted by Gasteiger charge is 2.28. The summed E-state index contributed by atoms with van der Waals surface area (Å²) in [7, 11) is -3.41. The lowest BCUT2D eigenvalue weighted by molar-refractivity contribution is 0.102. The number of nitrogens with zero attached hydrogens (tertiary/aromatic N) is 6. The zero-order valence-corrected chi connectivity index (χ0v) is 20.2. The summed E-state index contributed by atoms with van der Waals surface area (Å²) in [6, 6.07) is 7.14. The number of tetrazole rings is 1. The maximum atomic E-state index is 14.8. The van der Waals surface area contributed by atoms with Crippen molar-refractivity contribution in [2.45, 2.75) is 39.3 Å². The predicted molar refractivity (Wildman–Crippen MR) is 125 cm³/mol. The van der Waals surface area contributed by atoms with Crippen LogP contribution in [0.3, 0.4) is 0 Å². The third kappa shape index (κ3) is 5.21. The number of hydrogen-bond acceptors (Lipinski definition) is 8. The zero-order valence-electron chi connectivity index (χ0n) is 19.3. The molecule has 4 rings (SSSR count). The lowest BCUT2D eigenvalue weighted by Crippen LogP contribution is -2.37. The molecule has 35 heavy (non-hydrogen) atoms. The predicted octanol–water partition coefficient (Wildman–Crippen LogP) is 1.78. The van der Waals surface area contributed by atoms with Crippen molar-refractivity contribution in [1.29, 1.82) is 0 Å². The maximum Gasteiger partial charge on any atom is 0.259 e. The second-order valence-corrected chi connectivity index (χ2v) is 10.4. The van der Waals surface area contributed by atoms with Crippen LogP contribution in [-0.4, -0.2) is 67.8 Å². The first kappa shape index (κ1) is 24.8. The molecule has 1 amide bonds. The van der Waals surface area contributed by atoms with Gasteiger partial charge in [-0.05, 0) is 65.6 Å². The monoisotopic (exact) mass is 503 g/mol. The number of aliphatic hydroxyl groups is 1. The number of hydrogen-bond donors (Lipinski definition) is 2. The van der Waals surface area contributed by atoms with E-state index >= 15 is 0 Å². The molecule has 0 radical (unpaired) electrons. The molecule has 0 saturated heterocycles. The van der Waals surface area contributed by atoms with Gasteiger partial charge in [0.2, 0.25) is 15.8 Å². The first-order valence-corrected chi connectivity index (χ1v) is 12.8. The third-order valence-electron chi connectivity index (χ3n) is 5.76. The molecular weight excluding hydrogens is 477 g/mol. The van der Waals surface area contributed by atoms with Gasteiger partial charge < -0.3 is 10.4 Å². The summed E-state index contributed by atoms with van der Waals surface area (Å²) in [6.45, 7) is 3.73. The Kier molecular flexibility index (Phi) is 7.19. The molecule has 1 aliphatic heterocycles. The minimum atomic E-state index is -3.41. The lowest BCUT2D eigenvalue weighted by Gasteiger charge is -2.28. The van der Waals surface area contributed by atoms with Crippen molar-refractivity contribution < 1.29 is 22.7 Å². The van der Waals surface area contributed by atoms with Gasteiger partial charge in [0.15, 0.2) is 0 Å². The number of carbonyl (C=O) groups excluding carboxylic acids is 1. The first-order valence-electron chi connectivity index (χ1n) is 11.2. The Balaban J connectivity index is 1.57. The zero-order chi connectivity index (χ0) is 25.2. The fraction of sp³-hybridized carbons (Fsp3) is 0.409. The van der Waals surface area contributed by atoms with Crippen LogP contribution in [0.25, 0.3) is 11.5 Å². The molecule has 3 aromatic rings. The summed E-state index contributed by atoms with van der Waals surface area (Å²) in [6.07, 6.45) is 0.877. The number of anilines is 1. The van der Waals surface area contributed by atoms with Crippen molar-refractivity contribution in [3.63, 3.8) is 0 Å². The Hall–Kier alpha value is -3.29. The molecule has 13 heteroatoms. The highest BCUT2D eigenvalue weighted by molar-refractivity contribution is 7.89. The van der Waals surface area contributed by atoms with E-state index in [0.717, 1.165) is 0 Å². The number of carbonyl (C=O) groups is 1. The Morgan fingerprint density at radius 2 is 2.09 bits per heavy atom. The minimum Gasteiger partial charge on any atom is -0.394 e. The lowest BCUT2D eigenvalue weighted by atomic mass is 9.97. The van der Waals surface area contributed by atoms with Gasteiger partial charge in [-0.2, -0.15) is 4.31 Å². The third-order valence-corrected chi connectivity index (χ3v) is 7.78. The molecule has 3 heterocycles. The summed E-state index contributed by atoms with van der Waals surface area (Å²) < 4.78 is 42.5. The van der Waals surface area contributed by atoms with Gasteiger partial charge in [-0.1, -0.05) is 13.0 Å². The van der Waals surface area contributed by atoms with E-state index < -0.39 is 21.7 Å². The average molecular weight is 504 g/mol. The van der Waals surface area contributed by atoms with Crippen LogP contribution in [-0.2, 0) is 23.0 Å². The van der Waals surface area contributed by atoms with Crippen LogP contribution < -0.4 is 5.32 Å². The number of rotatable bonds is 8. The molecule has 1 atom stereocenters. The van der Waals surface area contributed by atoms with Gasteiger partial charge >= 0.3 is 0 Å². The molecular formula is C22H26FN7O4S. The number of pyridine rings is 1.